The van der Waals surface area contributed by atoms with E-state index in [1.165, 1.54) is 37.4 Å². The topological polar surface area (TPSA) is 18.5 Å². The molecule has 0 radical (unpaired) electrons. The quantitative estimate of drug-likeness (QED) is 0.115. The third kappa shape index (κ3) is 8.50. The summed E-state index contributed by atoms with van der Waals surface area (Å²) in [5.41, 5.74) is 0.363. The maximum absolute atomic E-state index is 6.54. The van der Waals surface area contributed by atoms with Gasteiger partial charge in [-0.25, -0.2) is 0 Å². The molecule has 0 bridgehead atoms. The van der Waals surface area contributed by atoms with Gasteiger partial charge >= 0.3 is 0 Å². The summed E-state index contributed by atoms with van der Waals surface area (Å²) in [6.45, 7) is 9.19. The first-order valence-electron chi connectivity index (χ1n) is 16.6. The van der Waals surface area contributed by atoms with Crippen LogP contribution in [0.4, 0.5) is 0 Å². The predicted molar refractivity (Wildman–Crippen MR) is 209 cm³/mol. The van der Waals surface area contributed by atoms with E-state index in [2.05, 4.69) is 198 Å². The molecule has 0 atom stereocenters. The Morgan fingerprint density at radius 1 is 0.417 bits per heavy atom. The zero-order valence-electron chi connectivity index (χ0n) is 28.3. The maximum atomic E-state index is 6.54. The third-order valence-corrected chi connectivity index (χ3v) is 13.4. The van der Waals surface area contributed by atoms with Crippen LogP contribution < -0.4 is 36.6 Å². The first kappa shape index (κ1) is 33.8. The van der Waals surface area contributed by atoms with E-state index >= 15 is 0 Å². The van der Waals surface area contributed by atoms with Crippen LogP contribution in [0.2, 0.25) is 0 Å². The Balaban J connectivity index is 1.09. The van der Waals surface area contributed by atoms with Crippen molar-refractivity contribution in [2.24, 2.45) is 0 Å². The minimum atomic E-state index is -0.641. The van der Waals surface area contributed by atoms with Gasteiger partial charge in [0.05, 0.1) is 12.2 Å². The van der Waals surface area contributed by atoms with Crippen molar-refractivity contribution in [1.29, 1.82) is 0 Å². The second kappa shape index (κ2) is 15.4. The molecule has 0 saturated carbocycles. The molecule has 0 aromatic heterocycles. The summed E-state index contributed by atoms with van der Waals surface area (Å²) in [5.74, 6) is 0.878. The highest BCUT2D eigenvalue weighted by Gasteiger charge is 2.26. The summed E-state index contributed by atoms with van der Waals surface area (Å²) >= 11 is 0. The van der Waals surface area contributed by atoms with Crippen molar-refractivity contribution in [2.75, 3.05) is 6.61 Å². The minimum Gasteiger partial charge on any atom is -0.488 e. The molecule has 0 aliphatic carbocycles. The number of hydrogen-bond acceptors (Lipinski definition) is 2. The van der Waals surface area contributed by atoms with Crippen molar-refractivity contribution in [3.05, 3.63) is 175 Å². The van der Waals surface area contributed by atoms with E-state index in [1.54, 1.807) is 0 Å². The lowest BCUT2D eigenvalue weighted by Gasteiger charge is -2.31. The van der Waals surface area contributed by atoms with E-state index in [-0.39, 0.29) is 5.60 Å². The van der Waals surface area contributed by atoms with Crippen molar-refractivity contribution >= 4 is 47.7 Å². The highest BCUT2D eigenvalue weighted by Crippen LogP contribution is 2.35. The molecule has 0 aliphatic rings. The van der Waals surface area contributed by atoms with E-state index in [4.69, 9.17) is 9.47 Å². The highest BCUT2D eigenvalue weighted by molar-refractivity contribution is 7.80. The predicted octanol–water partition coefficient (Wildman–Crippen LogP) is 8.70. The molecule has 0 amide bonds. The average molecular weight is 667 g/mol. The molecule has 0 heterocycles. The monoisotopic (exact) mass is 666 g/mol. The van der Waals surface area contributed by atoms with Crippen LogP contribution in [0.5, 0.6) is 5.75 Å². The van der Waals surface area contributed by atoms with Gasteiger partial charge in [-0.1, -0.05) is 158 Å². The van der Waals surface area contributed by atoms with Crippen LogP contribution >= 0.6 is 15.8 Å². The maximum Gasteiger partial charge on any atom is 0.120 e. The van der Waals surface area contributed by atoms with Gasteiger partial charge in [0.25, 0.3) is 0 Å². The Hall–Kier alpha value is -4.06. The van der Waals surface area contributed by atoms with Gasteiger partial charge in [-0.05, 0) is 93.1 Å². The molecule has 6 rings (SSSR count). The van der Waals surface area contributed by atoms with Gasteiger partial charge < -0.3 is 9.47 Å². The number of rotatable bonds is 13. The fraction of sp³-hybridized carbons (Fsp3) is 0.182. The standard InChI is InChI=1S/C44H44O2P2/c1-43(2,46-36-27-31-42(32-28-36)48(39-21-13-7-14-22-39)40-23-15-8-16-24-40)33-34-45-44(3,4)35-25-29-41(30-26-35)47(37-17-9-5-10-18-37)38-19-11-6-12-20-38/h5-32H,33-34H2,1-4H3. The molecule has 0 spiro atoms. The smallest absolute Gasteiger partial charge is 0.120 e. The molecule has 4 heteroatoms. The van der Waals surface area contributed by atoms with Gasteiger partial charge in [0.15, 0.2) is 0 Å². The largest absolute Gasteiger partial charge is 0.488 e. The highest BCUT2D eigenvalue weighted by atomic mass is 31.1. The molecule has 0 N–H and O–H groups in total. The number of hydrogen-bond donors (Lipinski definition) is 0. The summed E-state index contributed by atoms with van der Waals surface area (Å²) < 4.78 is 13.1. The van der Waals surface area contributed by atoms with E-state index in [9.17, 15) is 0 Å². The van der Waals surface area contributed by atoms with Crippen molar-refractivity contribution in [3.63, 3.8) is 0 Å². The van der Waals surface area contributed by atoms with E-state index in [1.807, 2.05) is 0 Å². The average Bonchev–Trinajstić information content (AvgIpc) is 3.11. The Morgan fingerprint density at radius 3 is 1.12 bits per heavy atom. The fourth-order valence-corrected chi connectivity index (χ4v) is 10.4. The van der Waals surface area contributed by atoms with Crippen LogP contribution in [0.3, 0.4) is 0 Å². The van der Waals surface area contributed by atoms with Gasteiger partial charge in [0, 0.05) is 6.42 Å². The summed E-state index contributed by atoms with van der Waals surface area (Å²) in [6, 6.07) is 61.0. The Labute approximate surface area is 289 Å². The van der Waals surface area contributed by atoms with Crippen molar-refractivity contribution < 1.29 is 9.47 Å². The van der Waals surface area contributed by atoms with Crippen molar-refractivity contribution in [3.8, 4) is 5.75 Å². The normalized spacial score (nSPS) is 12.0. The lowest BCUT2D eigenvalue weighted by molar-refractivity contribution is -0.0442. The number of ether oxygens (including phenoxy) is 2. The molecule has 242 valence electrons. The molecule has 0 fully saturated rings. The molecular formula is C44H44O2P2. The fourth-order valence-electron chi connectivity index (χ4n) is 5.88. The van der Waals surface area contributed by atoms with E-state index in [0.29, 0.717) is 6.61 Å². The molecule has 2 nitrogen and oxygen atoms in total. The van der Waals surface area contributed by atoms with Gasteiger partial charge in [-0.2, -0.15) is 0 Å². The summed E-state index contributed by atoms with van der Waals surface area (Å²) in [7, 11) is -1.27. The van der Waals surface area contributed by atoms with Crippen LogP contribution in [0.25, 0.3) is 0 Å². The van der Waals surface area contributed by atoms with Crippen LogP contribution in [0.1, 0.15) is 39.7 Å². The van der Waals surface area contributed by atoms with Crippen LogP contribution in [-0.4, -0.2) is 12.2 Å². The molecule has 0 aliphatic heterocycles. The minimum absolute atomic E-state index is 0.383. The molecule has 48 heavy (non-hydrogen) atoms. The molecule has 0 saturated heterocycles. The Morgan fingerprint density at radius 2 is 0.750 bits per heavy atom. The zero-order valence-corrected chi connectivity index (χ0v) is 30.1. The van der Waals surface area contributed by atoms with Gasteiger partial charge in [0.1, 0.15) is 11.4 Å². The summed E-state index contributed by atoms with van der Waals surface area (Å²) in [5, 5.41) is 8.04. The Bertz CT molecular complexity index is 1760. The van der Waals surface area contributed by atoms with E-state index < -0.39 is 21.4 Å². The second-order valence-electron chi connectivity index (χ2n) is 13.0. The summed E-state index contributed by atoms with van der Waals surface area (Å²) in [4.78, 5) is 0. The molecular weight excluding hydrogens is 622 g/mol. The van der Waals surface area contributed by atoms with Crippen LogP contribution in [-0.2, 0) is 10.3 Å². The first-order chi connectivity index (χ1) is 23.3. The lowest BCUT2D eigenvalue weighted by Crippen LogP contribution is -2.32. The van der Waals surface area contributed by atoms with Crippen LogP contribution in [0, 0.1) is 0 Å². The number of benzene rings is 6. The van der Waals surface area contributed by atoms with Crippen molar-refractivity contribution in [1.82, 2.24) is 0 Å². The molecule has 6 aromatic rings. The van der Waals surface area contributed by atoms with Gasteiger partial charge in [-0.15, -0.1) is 0 Å². The second-order valence-corrected chi connectivity index (χ2v) is 17.5. The molecule has 0 unspecified atom stereocenters. The third-order valence-electron chi connectivity index (χ3n) is 8.53. The zero-order chi connectivity index (χ0) is 33.4. The lowest BCUT2D eigenvalue weighted by atomic mass is 9.98. The van der Waals surface area contributed by atoms with Gasteiger partial charge in [-0.3, -0.25) is 0 Å². The molecule has 6 aromatic carbocycles. The summed E-state index contributed by atoms with van der Waals surface area (Å²) in [6.07, 6.45) is 0.768. The van der Waals surface area contributed by atoms with E-state index in [0.717, 1.165) is 12.2 Å². The SMILES string of the molecule is CC(C)(CCOC(C)(C)c1ccc(P(c2ccccc2)c2ccccc2)cc1)Oc1ccc(P(c2ccccc2)c2ccccc2)cc1. The Kier molecular flexibility index (Phi) is 10.9. The van der Waals surface area contributed by atoms with Crippen LogP contribution in [0.15, 0.2) is 170 Å². The first-order valence-corrected chi connectivity index (χ1v) is 19.3. The van der Waals surface area contributed by atoms with Gasteiger partial charge in [0.2, 0.25) is 0 Å². The van der Waals surface area contributed by atoms with Crippen molar-refractivity contribution in [2.45, 2.75) is 45.3 Å².